The molecule has 3 rings (SSSR count). The molecule has 0 bridgehead atoms. The van der Waals surface area contributed by atoms with Gasteiger partial charge in [-0.15, -0.1) is 0 Å². The van der Waals surface area contributed by atoms with E-state index in [9.17, 15) is 4.79 Å². The molecule has 1 aliphatic heterocycles. The molecule has 1 N–H and O–H groups in total. The van der Waals surface area contributed by atoms with E-state index in [0.717, 1.165) is 37.7 Å². The maximum absolute atomic E-state index is 12.6. The minimum atomic E-state index is -0.0527. The van der Waals surface area contributed by atoms with Crippen molar-refractivity contribution in [3.05, 3.63) is 42.4 Å². The molecule has 0 aliphatic carbocycles. The molecule has 0 unspecified atom stereocenters. The number of hydrogen-bond acceptors (Lipinski definition) is 7. The van der Waals surface area contributed by atoms with Gasteiger partial charge in [0.15, 0.2) is 0 Å². The van der Waals surface area contributed by atoms with Gasteiger partial charge in [-0.1, -0.05) is 0 Å². The molecule has 8 heteroatoms. The van der Waals surface area contributed by atoms with Gasteiger partial charge in [0, 0.05) is 32.2 Å². The van der Waals surface area contributed by atoms with E-state index in [4.69, 9.17) is 9.47 Å². The molecule has 0 spiro atoms. The van der Waals surface area contributed by atoms with E-state index in [1.807, 2.05) is 29.2 Å². The number of methoxy groups -OCH3 is 1. The van der Waals surface area contributed by atoms with Crippen molar-refractivity contribution in [2.24, 2.45) is 0 Å². The van der Waals surface area contributed by atoms with Gasteiger partial charge in [0.25, 0.3) is 5.91 Å². The van der Waals surface area contributed by atoms with Crippen LogP contribution in [0.1, 0.15) is 10.5 Å². The van der Waals surface area contributed by atoms with Crippen LogP contribution in [0.3, 0.4) is 0 Å². The van der Waals surface area contributed by atoms with E-state index in [0.29, 0.717) is 24.7 Å². The highest BCUT2D eigenvalue weighted by molar-refractivity contribution is 5.93. The van der Waals surface area contributed by atoms with Crippen LogP contribution in [0.15, 0.2) is 36.7 Å². The van der Waals surface area contributed by atoms with Gasteiger partial charge in [-0.3, -0.25) is 4.79 Å². The minimum Gasteiger partial charge on any atom is -0.497 e. The number of amides is 1. The summed E-state index contributed by atoms with van der Waals surface area (Å²) >= 11 is 0. The van der Waals surface area contributed by atoms with Gasteiger partial charge >= 0.3 is 0 Å². The fourth-order valence-electron chi connectivity index (χ4n) is 2.76. The Hall–Kier alpha value is -2.87. The average molecular weight is 371 g/mol. The first-order valence-electron chi connectivity index (χ1n) is 8.96. The maximum Gasteiger partial charge on any atom is 0.272 e. The van der Waals surface area contributed by atoms with Crippen molar-refractivity contribution in [2.45, 2.75) is 0 Å². The van der Waals surface area contributed by atoms with Crippen LogP contribution in [0.4, 0.5) is 5.82 Å². The Morgan fingerprint density at radius 1 is 1.11 bits per heavy atom. The second-order valence-electron chi connectivity index (χ2n) is 6.33. The maximum atomic E-state index is 12.6. The fourth-order valence-corrected chi connectivity index (χ4v) is 2.76. The highest BCUT2D eigenvalue weighted by Gasteiger charge is 2.21. The van der Waals surface area contributed by atoms with Crippen molar-refractivity contribution < 1.29 is 14.3 Å². The Balaban J connectivity index is 1.47. The molecular weight excluding hydrogens is 346 g/mol. The summed E-state index contributed by atoms with van der Waals surface area (Å²) in [7, 11) is 3.69. The van der Waals surface area contributed by atoms with Crippen molar-refractivity contribution in [3.63, 3.8) is 0 Å². The van der Waals surface area contributed by atoms with Crippen molar-refractivity contribution in [1.29, 1.82) is 0 Å². The molecule has 1 saturated heterocycles. The van der Waals surface area contributed by atoms with Gasteiger partial charge in [-0.2, -0.15) is 0 Å². The first kappa shape index (κ1) is 18.9. The molecule has 1 aromatic heterocycles. The number of carbonyl (C=O) groups is 1. The first-order valence-corrected chi connectivity index (χ1v) is 8.96. The van der Waals surface area contributed by atoms with E-state index >= 15 is 0 Å². The summed E-state index contributed by atoms with van der Waals surface area (Å²) in [5.41, 5.74) is 0.410. The number of nitrogens with one attached hydrogen (secondary N) is 1. The lowest BCUT2D eigenvalue weighted by Gasteiger charge is -2.32. The molecule has 1 fully saturated rings. The number of aromatic nitrogens is 2. The Labute approximate surface area is 159 Å². The highest BCUT2D eigenvalue weighted by Crippen LogP contribution is 2.17. The van der Waals surface area contributed by atoms with Crippen molar-refractivity contribution in [3.8, 4) is 11.5 Å². The number of nitrogens with zero attached hydrogens (tertiary/aromatic N) is 4. The Kier molecular flexibility index (Phi) is 6.43. The normalized spacial score (nSPS) is 14.7. The lowest BCUT2D eigenvalue weighted by Crippen LogP contribution is -2.47. The van der Waals surface area contributed by atoms with Crippen LogP contribution in [0.5, 0.6) is 11.5 Å². The summed E-state index contributed by atoms with van der Waals surface area (Å²) in [4.78, 5) is 24.9. The predicted molar refractivity (Wildman–Crippen MR) is 102 cm³/mol. The second kappa shape index (κ2) is 9.18. The van der Waals surface area contributed by atoms with Gasteiger partial charge in [0.2, 0.25) is 0 Å². The third-order valence-corrected chi connectivity index (χ3v) is 4.41. The van der Waals surface area contributed by atoms with Crippen LogP contribution in [0.2, 0.25) is 0 Å². The highest BCUT2D eigenvalue weighted by atomic mass is 16.5. The van der Waals surface area contributed by atoms with Crippen LogP contribution in [0.25, 0.3) is 0 Å². The van der Waals surface area contributed by atoms with Crippen molar-refractivity contribution >= 4 is 11.7 Å². The number of benzene rings is 1. The summed E-state index contributed by atoms with van der Waals surface area (Å²) in [6.07, 6.45) is 1.41. The zero-order valence-corrected chi connectivity index (χ0v) is 15.7. The SMILES string of the molecule is COc1ccc(OCCNc2cc(C(=O)N3CCN(C)CC3)ncn2)cc1. The largest absolute Gasteiger partial charge is 0.497 e. The number of ether oxygens (including phenoxy) is 2. The topological polar surface area (TPSA) is 79.8 Å². The molecule has 144 valence electrons. The van der Waals surface area contributed by atoms with Gasteiger partial charge < -0.3 is 24.6 Å². The molecule has 1 aromatic carbocycles. The zero-order chi connectivity index (χ0) is 19.1. The lowest BCUT2D eigenvalue weighted by molar-refractivity contribution is 0.0658. The zero-order valence-electron chi connectivity index (χ0n) is 15.7. The van der Waals surface area contributed by atoms with Crippen LogP contribution < -0.4 is 14.8 Å². The summed E-state index contributed by atoms with van der Waals surface area (Å²) in [5.74, 6) is 2.12. The van der Waals surface area contributed by atoms with Gasteiger partial charge in [-0.05, 0) is 31.3 Å². The average Bonchev–Trinajstić information content (AvgIpc) is 2.72. The van der Waals surface area contributed by atoms with Crippen LogP contribution in [-0.2, 0) is 0 Å². The molecule has 0 radical (unpaired) electrons. The van der Waals surface area contributed by atoms with Gasteiger partial charge in [0.1, 0.15) is 35.9 Å². The van der Waals surface area contributed by atoms with E-state index in [1.54, 1.807) is 13.2 Å². The number of likely N-dealkylation sites (N-methyl/N-ethyl adjacent to an activating group) is 1. The van der Waals surface area contributed by atoms with Gasteiger partial charge in [0.05, 0.1) is 13.7 Å². The van der Waals surface area contributed by atoms with Crippen LogP contribution in [0, 0.1) is 0 Å². The predicted octanol–water partition coefficient (Wildman–Crippen LogP) is 1.36. The first-order chi connectivity index (χ1) is 13.2. The molecule has 27 heavy (non-hydrogen) atoms. The summed E-state index contributed by atoms with van der Waals surface area (Å²) in [6.45, 7) is 4.23. The van der Waals surface area contributed by atoms with E-state index in [-0.39, 0.29) is 5.91 Å². The Morgan fingerprint density at radius 3 is 2.52 bits per heavy atom. The van der Waals surface area contributed by atoms with E-state index in [1.165, 1.54) is 6.33 Å². The van der Waals surface area contributed by atoms with E-state index in [2.05, 4.69) is 27.2 Å². The summed E-state index contributed by atoms with van der Waals surface area (Å²) in [5, 5.41) is 3.16. The quantitative estimate of drug-likeness (QED) is 0.736. The molecule has 1 amide bonds. The Morgan fingerprint density at radius 2 is 1.81 bits per heavy atom. The van der Waals surface area contributed by atoms with Crippen molar-refractivity contribution in [1.82, 2.24) is 19.8 Å². The monoisotopic (exact) mass is 371 g/mol. The third-order valence-electron chi connectivity index (χ3n) is 4.41. The van der Waals surface area contributed by atoms with E-state index < -0.39 is 0 Å². The molecule has 2 heterocycles. The summed E-state index contributed by atoms with van der Waals surface area (Å²) < 4.78 is 10.8. The number of piperazine rings is 1. The number of hydrogen-bond donors (Lipinski definition) is 1. The van der Waals surface area contributed by atoms with Crippen LogP contribution >= 0.6 is 0 Å². The summed E-state index contributed by atoms with van der Waals surface area (Å²) in [6, 6.07) is 9.10. The van der Waals surface area contributed by atoms with Gasteiger partial charge in [-0.25, -0.2) is 9.97 Å². The molecule has 8 nitrogen and oxygen atoms in total. The van der Waals surface area contributed by atoms with Crippen LogP contribution in [-0.4, -0.2) is 79.2 Å². The third kappa shape index (κ3) is 5.30. The molecule has 2 aromatic rings. The van der Waals surface area contributed by atoms with Crippen molar-refractivity contribution in [2.75, 3.05) is 58.8 Å². The number of carbonyl (C=O) groups excluding carboxylic acids is 1. The Bertz CT molecular complexity index is 745. The fraction of sp³-hybridized carbons (Fsp3) is 0.421. The second-order valence-corrected chi connectivity index (χ2v) is 6.33. The number of rotatable bonds is 7. The standard InChI is InChI=1S/C19H25N5O3/c1-23-8-10-24(11-9-23)19(25)17-13-18(22-14-21-17)20-7-12-27-16-5-3-15(26-2)4-6-16/h3-6,13-14H,7-12H2,1-2H3,(H,20,21,22). The molecule has 0 saturated carbocycles. The smallest absolute Gasteiger partial charge is 0.272 e. The molecular formula is C19H25N5O3. The lowest BCUT2D eigenvalue weighted by atomic mass is 10.2. The minimum absolute atomic E-state index is 0.0527. The molecule has 0 atom stereocenters. The molecule has 1 aliphatic rings. The number of anilines is 1.